The number of amides is 1. The molecular weight excluding hydrogens is 367 g/mol. The van der Waals surface area contributed by atoms with Crippen LogP contribution in [0.5, 0.6) is 5.75 Å². The van der Waals surface area contributed by atoms with Gasteiger partial charge in [-0.05, 0) is 41.3 Å². The molecule has 0 aliphatic carbocycles. The number of hydrogen-bond donors (Lipinski definition) is 0. The van der Waals surface area contributed by atoms with E-state index in [0.717, 1.165) is 30.0 Å². The third-order valence-electron chi connectivity index (χ3n) is 5.04. The van der Waals surface area contributed by atoms with Crippen molar-refractivity contribution in [1.82, 2.24) is 9.80 Å². The maximum atomic E-state index is 13.3. The van der Waals surface area contributed by atoms with Crippen LogP contribution in [-0.2, 0) is 11.3 Å². The van der Waals surface area contributed by atoms with Gasteiger partial charge in [-0.2, -0.15) is 0 Å². The summed E-state index contributed by atoms with van der Waals surface area (Å²) >= 11 is 0. The molecule has 5 heteroatoms. The molecule has 1 amide bonds. The number of benzene rings is 2. The van der Waals surface area contributed by atoms with Crippen molar-refractivity contribution in [3.8, 4) is 5.75 Å². The van der Waals surface area contributed by atoms with Crippen LogP contribution >= 0.6 is 0 Å². The zero-order chi connectivity index (χ0) is 20.8. The summed E-state index contributed by atoms with van der Waals surface area (Å²) in [5.74, 6) is 1.06. The van der Waals surface area contributed by atoms with Crippen molar-refractivity contribution < 1.29 is 13.9 Å². The zero-order valence-corrected chi connectivity index (χ0v) is 17.3. The Hall–Kier alpha value is -2.66. The maximum absolute atomic E-state index is 13.3. The van der Waals surface area contributed by atoms with Crippen molar-refractivity contribution in [2.75, 3.05) is 26.7 Å². The predicted molar refractivity (Wildman–Crippen MR) is 113 cm³/mol. The predicted octanol–water partition coefficient (Wildman–Crippen LogP) is 4.43. The topological polar surface area (TPSA) is 32.8 Å². The Kier molecular flexibility index (Phi) is 7.04. The lowest BCUT2D eigenvalue weighted by Gasteiger charge is -2.35. The van der Waals surface area contributed by atoms with Crippen LogP contribution in [0, 0.1) is 11.7 Å². The van der Waals surface area contributed by atoms with Crippen molar-refractivity contribution >= 4 is 5.91 Å². The summed E-state index contributed by atoms with van der Waals surface area (Å²) in [7, 11) is 1.64. The fourth-order valence-corrected chi connectivity index (χ4v) is 3.67. The van der Waals surface area contributed by atoms with Crippen molar-refractivity contribution in [3.05, 3.63) is 77.6 Å². The van der Waals surface area contributed by atoms with E-state index in [0.29, 0.717) is 19.0 Å². The molecule has 154 valence electrons. The molecule has 0 spiro atoms. The minimum Gasteiger partial charge on any atom is -0.497 e. The van der Waals surface area contributed by atoms with Gasteiger partial charge in [0.25, 0.3) is 0 Å². The second-order valence-corrected chi connectivity index (χ2v) is 7.88. The van der Waals surface area contributed by atoms with E-state index in [-0.39, 0.29) is 17.8 Å². The molecular formula is C24H29FN2O2. The van der Waals surface area contributed by atoms with Crippen LogP contribution in [0.3, 0.4) is 0 Å². The molecule has 1 atom stereocenters. The number of methoxy groups -OCH3 is 1. The molecule has 1 aliphatic rings. The van der Waals surface area contributed by atoms with Gasteiger partial charge in [-0.3, -0.25) is 9.69 Å². The SMILES string of the molecule is COc1ccc(C2/C=C\CN(CC(C)C)CC(=O)N2Cc2ccc(F)cc2)cc1. The van der Waals surface area contributed by atoms with E-state index < -0.39 is 0 Å². The van der Waals surface area contributed by atoms with Gasteiger partial charge < -0.3 is 9.64 Å². The highest BCUT2D eigenvalue weighted by Gasteiger charge is 2.27. The Labute approximate surface area is 172 Å². The van der Waals surface area contributed by atoms with Gasteiger partial charge in [0, 0.05) is 19.6 Å². The number of carbonyl (C=O) groups is 1. The van der Waals surface area contributed by atoms with Gasteiger partial charge in [-0.15, -0.1) is 0 Å². The summed E-state index contributed by atoms with van der Waals surface area (Å²) < 4.78 is 18.6. The molecule has 4 nitrogen and oxygen atoms in total. The van der Waals surface area contributed by atoms with Crippen LogP contribution in [0.1, 0.15) is 31.0 Å². The number of carbonyl (C=O) groups excluding carboxylic acids is 1. The van der Waals surface area contributed by atoms with E-state index in [4.69, 9.17) is 4.74 Å². The molecule has 0 saturated carbocycles. The standard InChI is InChI=1S/C24H29FN2O2/c1-18(2)15-26-14-4-5-23(20-8-12-22(29-3)13-9-20)27(24(28)17-26)16-19-6-10-21(25)11-7-19/h4-13,18,23H,14-17H2,1-3H3/b5-4-. The number of halogens is 1. The normalized spacial score (nSPS) is 19.1. The smallest absolute Gasteiger partial charge is 0.237 e. The van der Waals surface area contributed by atoms with Crippen molar-refractivity contribution in [2.24, 2.45) is 5.92 Å². The molecule has 1 aliphatic heterocycles. The summed E-state index contributed by atoms with van der Waals surface area (Å²) in [6.45, 7) is 6.73. The quantitative estimate of drug-likeness (QED) is 0.677. The molecule has 0 bridgehead atoms. The lowest BCUT2D eigenvalue weighted by atomic mass is 10.0. The number of nitrogens with zero attached hydrogens (tertiary/aromatic N) is 2. The Morgan fingerprint density at radius 1 is 1.10 bits per heavy atom. The molecule has 0 radical (unpaired) electrons. The molecule has 2 aromatic carbocycles. The molecule has 1 unspecified atom stereocenters. The second-order valence-electron chi connectivity index (χ2n) is 7.88. The average Bonchev–Trinajstić information content (AvgIpc) is 2.70. The molecule has 2 aromatic rings. The summed E-state index contributed by atoms with van der Waals surface area (Å²) in [5, 5.41) is 0. The van der Waals surface area contributed by atoms with E-state index in [1.807, 2.05) is 29.2 Å². The molecule has 0 fully saturated rings. The second kappa shape index (κ2) is 9.70. The molecule has 1 heterocycles. The van der Waals surface area contributed by atoms with Gasteiger partial charge in [0.05, 0.1) is 19.7 Å². The Morgan fingerprint density at radius 3 is 2.41 bits per heavy atom. The number of ether oxygens (including phenoxy) is 1. The first-order chi connectivity index (χ1) is 14.0. The first-order valence-corrected chi connectivity index (χ1v) is 10.0. The van der Waals surface area contributed by atoms with Crippen LogP contribution in [0.25, 0.3) is 0 Å². The van der Waals surface area contributed by atoms with Gasteiger partial charge in [0.15, 0.2) is 0 Å². The highest BCUT2D eigenvalue weighted by Crippen LogP contribution is 2.28. The lowest BCUT2D eigenvalue weighted by Crippen LogP contribution is -2.44. The maximum Gasteiger partial charge on any atom is 0.237 e. The highest BCUT2D eigenvalue weighted by molar-refractivity contribution is 5.79. The lowest BCUT2D eigenvalue weighted by molar-refractivity contribution is -0.135. The van der Waals surface area contributed by atoms with E-state index in [2.05, 4.69) is 30.9 Å². The highest BCUT2D eigenvalue weighted by atomic mass is 19.1. The molecule has 0 saturated heterocycles. The van der Waals surface area contributed by atoms with Crippen LogP contribution in [0.4, 0.5) is 4.39 Å². The van der Waals surface area contributed by atoms with Gasteiger partial charge in [0.1, 0.15) is 11.6 Å². The van der Waals surface area contributed by atoms with Crippen molar-refractivity contribution in [1.29, 1.82) is 0 Å². The first kappa shape index (κ1) is 21.1. The fourth-order valence-electron chi connectivity index (χ4n) is 3.67. The summed E-state index contributed by atoms with van der Waals surface area (Å²) in [6.07, 6.45) is 4.23. The van der Waals surface area contributed by atoms with E-state index in [9.17, 15) is 9.18 Å². The minimum absolute atomic E-state index is 0.0696. The Balaban J connectivity index is 1.92. The third kappa shape index (κ3) is 5.67. The summed E-state index contributed by atoms with van der Waals surface area (Å²) in [6, 6.07) is 14.0. The Bertz CT molecular complexity index is 831. The number of rotatable bonds is 6. The third-order valence-corrected chi connectivity index (χ3v) is 5.04. The Morgan fingerprint density at radius 2 is 1.79 bits per heavy atom. The summed E-state index contributed by atoms with van der Waals surface area (Å²) in [4.78, 5) is 17.3. The van der Waals surface area contributed by atoms with E-state index in [1.165, 1.54) is 12.1 Å². The van der Waals surface area contributed by atoms with Crippen molar-refractivity contribution in [2.45, 2.75) is 26.4 Å². The van der Waals surface area contributed by atoms with Gasteiger partial charge in [0.2, 0.25) is 5.91 Å². The van der Waals surface area contributed by atoms with Crippen LogP contribution < -0.4 is 4.74 Å². The number of hydrogen-bond acceptors (Lipinski definition) is 3. The van der Waals surface area contributed by atoms with Crippen molar-refractivity contribution in [3.63, 3.8) is 0 Å². The van der Waals surface area contributed by atoms with Gasteiger partial charge >= 0.3 is 0 Å². The average molecular weight is 397 g/mol. The molecule has 0 N–H and O–H groups in total. The van der Waals surface area contributed by atoms with E-state index in [1.54, 1.807) is 19.2 Å². The van der Waals surface area contributed by atoms with Crippen LogP contribution in [0.2, 0.25) is 0 Å². The minimum atomic E-state index is -0.276. The molecule has 0 aromatic heterocycles. The molecule has 3 rings (SSSR count). The summed E-state index contributed by atoms with van der Waals surface area (Å²) in [5.41, 5.74) is 1.93. The molecule has 29 heavy (non-hydrogen) atoms. The monoisotopic (exact) mass is 396 g/mol. The van der Waals surface area contributed by atoms with Gasteiger partial charge in [-0.25, -0.2) is 4.39 Å². The fraction of sp³-hybridized carbons (Fsp3) is 0.375. The first-order valence-electron chi connectivity index (χ1n) is 10.0. The zero-order valence-electron chi connectivity index (χ0n) is 17.3. The van der Waals surface area contributed by atoms with Crippen LogP contribution in [0.15, 0.2) is 60.7 Å². The van der Waals surface area contributed by atoms with Crippen LogP contribution in [-0.4, -0.2) is 42.5 Å². The van der Waals surface area contributed by atoms with Gasteiger partial charge in [-0.1, -0.05) is 50.3 Å². The largest absolute Gasteiger partial charge is 0.497 e. The van der Waals surface area contributed by atoms with E-state index >= 15 is 0 Å².